The summed E-state index contributed by atoms with van der Waals surface area (Å²) in [6, 6.07) is 9.56. The Kier molecular flexibility index (Phi) is 6.17. The zero-order chi connectivity index (χ0) is 18.6. The Hall–Kier alpha value is -1.35. The molecule has 2 heterocycles. The molecular formula is C24H36N2O. The lowest BCUT2D eigenvalue weighted by Crippen LogP contribution is -2.42. The molecule has 148 valence electrons. The van der Waals surface area contributed by atoms with E-state index in [0.717, 1.165) is 18.0 Å². The minimum Gasteiger partial charge on any atom is -0.366 e. The van der Waals surface area contributed by atoms with Crippen LogP contribution in [0.15, 0.2) is 24.3 Å². The number of hydrogen-bond donors (Lipinski definition) is 1. The first-order valence-electron chi connectivity index (χ1n) is 11.4. The molecule has 1 aliphatic carbocycles. The van der Waals surface area contributed by atoms with Crippen molar-refractivity contribution < 1.29 is 4.79 Å². The maximum Gasteiger partial charge on any atom is 0.248 e. The number of nitrogens with two attached hydrogens (primary N) is 1. The van der Waals surface area contributed by atoms with Gasteiger partial charge in [-0.3, -0.25) is 9.69 Å². The molecule has 1 saturated carbocycles. The minimum absolute atomic E-state index is 0.310. The first-order chi connectivity index (χ1) is 13.2. The zero-order valence-electron chi connectivity index (χ0n) is 16.7. The van der Waals surface area contributed by atoms with Crippen LogP contribution in [-0.2, 0) is 0 Å². The molecule has 2 bridgehead atoms. The quantitative estimate of drug-likeness (QED) is 0.668. The van der Waals surface area contributed by atoms with Gasteiger partial charge in [0, 0.05) is 17.6 Å². The largest absolute Gasteiger partial charge is 0.366 e. The first kappa shape index (κ1) is 19.0. The molecule has 3 heteroatoms. The van der Waals surface area contributed by atoms with Gasteiger partial charge in [0.2, 0.25) is 5.91 Å². The number of unbranched alkanes of at least 4 members (excludes halogenated alkanes) is 1. The van der Waals surface area contributed by atoms with Gasteiger partial charge < -0.3 is 5.73 Å². The summed E-state index contributed by atoms with van der Waals surface area (Å²) in [6.45, 7) is 1.30. The molecular weight excluding hydrogens is 332 g/mol. The maximum atomic E-state index is 11.5. The third-order valence-corrected chi connectivity index (χ3v) is 7.53. The van der Waals surface area contributed by atoms with E-state index in [9.17, 15) is 4.79 Å². The Bertz CT molecular complexity index is 623. The molecule has 1 amide bonds. The van der Waals surface area contributed by atoms with Gasteiger partial charge in [0.15, 0.2) is 0 Å². The van der Waals surface area contributed by atoms with Gasteiger partial charge in [0.1, 0.15) is 0 Å². The molecule has 27 heavy (non-hydrogen) atoms. The van der Waals surface area contributed by atoms with Gasteiger partial charge in [-0.25, -0.2) is 0 Å². The Morgan fingerprint density at radius 1 is 1.00 bits per heavy atom. The van der Waals surface area contributed by atoms with E-state index in [-0.39, 0.29) is 5.91 Å². The molecule has 0 aromatic heterocycles. The Morgan fingerprint density at radius 2 is 1.74 bits per heavy atom. The van der Waals surface area contributed by atoms with Crippen LogP contribution in [0.4, 0.5) is 0 Å². The molecule has 4 rings (SSSR count). The highest BCUT2D eigenvalue weighted by Gasteiger charge is 2.40. The summed E-state index contributed by atoms with van der Waals surface area (Å²) in [7, 11) is 0. The van der Waals surface area contributed by atoms with Gasteiger partial charge in [-0.05, 0) is 68.2 Å². The fourth-order valence-electron chi connectivity index (χ4n) is 6.06. The number of primary amides is 1. The van der Waals surface area contributed by atoms with Gasteiger partial charge in [-0.1, -0.05) is 57.1 Å². The average Bonchev–Trinajstić information content (AvgIpc) is 2.93. The number of piperidine rings is 1. The van der Waals surface area contributed by atoms with Crippen LogP contribution in [0.25, 0.3) is 0 Å². The van der Waals surface area contributed by atoms with Crippen molar-refractivity contribution in [2.75, 3.05) is 6.54 Å². The van der Waals surface area contributed by atoms with Crippen molar-refractivity contribution in [3.8, 4) is 0 Å². The summed E-state index contributed by atoms with van der Waals surface area (Å²) < 4.78 is 0. The lowest BCUT2D eigenvalue weighted by Gasteiger charge is -2.39. The number of fused-ring (bicyclic) bond motifs is 2. The molecule has 2 atom stereocenters. The normalized spacial score (nSPS) is 29.1. The minimum atomic E-state index is -0.310. The summed E-state index contributed by atoms with van der Waals surface area (Å²) in [5.41, 5.74) is 7.45. The van der Waals surface area contributed by atoms with Gasteiger partial charge in [-0.15, -0.1) is 0 Å². The van der Waals surface area contributed by atoms with E-state index in [0.29, 0.717) is 11.5 Å². The molecule has 2 unspecified atom stereocenters. The van der Waals surface area contributed by atoms with Crippen LogP contribution in [0.2, 0.25) is 0 Å². The van der Waals surface area contributed by atoms with Gasteiger partial charge >= 0.3 is 0 Å². The number of benzene rings is 1. The topological polar surface area (TPSA) is 46.3 Å². The van der Waals surface area contributed by atoms with Crippen LogP contribution in [0.3, 0.4) is 0 Å². The van der Waals surface area contributed by atoms with E-state index in [1.165, 1.54) is 89.2 Å². The van der Waals surface area contributed by atoms with Crippen LogP contribution in [0, 0.1) is 5.92 Å². The molecule has 1 aromatic carbocycles. The predicted molar refractivity (Wildman–Crippen MR) is 111 cm³/mol. The van der Waals surface area contributed by atoms with Crippen molar-refractivity contribution >= 4 is 5.91 Å². The summed E-state index contributed by atoms with van der Waals surface area (Å²) >= 11 is 0. The highest BCUT2D eigenvalue weighted by Crippen LogP contribution is 2.43. The van der Waals surface area contributed by atoms with Crippen molar-refractivity contribution in [1.82, 2.24) is 4.90 Å². The van der Waals surface area contributed by atoms with E-state index in [1.807, 2.05) is 18.2 Å². The molecule has 0 spiro atoms. The number of carbonyl (C=O) groups is 1. The van der Waals surface area contributed by atoms with Crippen molar-refractivity contribution in [2.24, 2.45) is 11.7 Å². The summed E-state index contributed by atoms with van der Waals surface area (Å²) in [6.07, 6.45) is 16.9. The number of carbonyl (C=O) groups excluding carboxylic acids is 1. The van der Waals surface area contributed by atoms with Crippen molar-refractivity contribution in [1.29, 1.82) is 0 Å². The lowest BCUT2D eigenvalue weighted by molar-refractivity contribution is 0.1000. The summed E-state index contributed by atoms with van der Waals surface area (Å²) in [5.74, 6) is 1.31. The van der Waals surface area contributed by atoms with Crippen LogP contribution in [-0.4, -0.2) is 29.4 Å². The average molecular weight is 369 g/mol. The molecule has 0 radical (unpaired) electrons. The Morgan fingerprint density at radius 3 is 2.44 bits per heavy atom. The molecule has 3 aliphatic rings. The van der Waals surface area contributed by atoms with Crippen LogP contribution < -0.4 is 5.73 Å². The Labute approximate surface area is 164 Å². The molecule has 1 aromatic rings. The molecule has 3 nitrogen and oxygen atoms in total. The molecule has 2 N–H and O–H groups in total. The number of nitrogens with zero attached hydrogens (tertiary/aromatic N) is 1. The highest BCUT2D eigenvalue weighted by atomic mass is 16.1. The first-order valence-corrected chi connectivity index (χ1v) is 11.4. The number of amides is 1. The van der Waals surface area contributed by atoms with Crippen molar-refractivity contribution in [3.05, 3.63) is 35.4 Å². The van der Waals surface area contributed by atoms with Crippen LogP contribution in [0.5, 0.6) is 0 Å². The van der Waals surface area contributed by atoms with E-state index < -0.39 is 0 Å². The monoisotopic (exact) mass is 368 g/mol. The maximum absolute atomic E-state index is 11.5. The standard InChI is InChI=1S/C24H36N2O/c25-24(27)20-11-6-10-19(15-20)21-16-22-12-13-23(17-21)26(22)14-5-4-9-18-7-2-1-3-8-18/h6,10-11,15,18,21-23H,1-5,7-9,12-14,16-17H2,(H2,25,27). The SMILES string of the molecule is NC(=O)c1cccc(C2CC3CCC(C2)N3CCCCC2CCCCC2)c1. The highest BCUT2D eigenvalue weighted by molar-refractivity contribution is 5.92. The molecule has 3 fully saturated rings. The fraction of sp³-hybridized carbons (Fsp3) is 0.708. The van der Waals surface area contributed by atoms with E-state index in [2.05, 4.69) is 11.0 Å². The molecule has 2 saturated heterocycles. The van der Waals surface area contributed by atoms with Crippen LogP contribution in [0.1, 0.15) is 98.9 Å². The fourth-order valence-corrected chi connectivity index (χ4v) is 6.06. The third kappa shape index (κ3) is 4.56. The van der Waals surface area contributed by atoms with E-state index in [1.54, 1.807) is 0 Å². The van der Waals surface area contributed by atoms with E-state index >= 15 is 0 Å². The number of hydrogen-bond acceptors (Lipinski definition) is 2. The third-order valence-electron chi connectivity index (χ3n) is 7.53. The number of rotatable bonds is 7. The summed E-state index contributed by atoms with van der Waals surface area (Å²) in [5, 5.41) is 0. The van der Waals surface area contributed by atoms with Gasteiger partial charge in [0.25, 0.3) is 0 Å². The van der Waals surface area contributed by atoms with Crippen molar-refractivity contribution in [3.63, 3.8) is 0 Å². The predicted octanol–water partition coefficient (Wildman–Crippen LogP) is 5.25. The van der Waals surface area contributed by atoms with Gasteiger partial charge in [-0.2, -0.15) is 0 Å². The second-order valence-corrected chi connectivity index (χ2v) is 9.28. The zero-order valence-corrected chi connectivity index (χ0v) is 16.7. The van der Waals surface area contributed by atoms with Gasteiger partial charge in [0.05, 0.1) is 0 Å². The van der Waals surface area contributed by atoms with Crippen molar-refractivity contribution in [2.45, 2.75) is 95.1 Å². The molecule has 2 aliphatic heterocycles. The smallest absolute Gasteiger partial charge is 0.248 e. The van der Waals surface area contributed by atoms with Crippen LogP contribution >= 0.6 is 0 Å². The summed E-state index contributed by atoms with van der Waals surface area (Å²) in [4.78, 5) is 14.3. The lowest BCUT2D eigenvalue weighted by atomic mass is 9.84. The van der Waals surface area contributed by atoms with E-state index in [4.69, 9.17) is 5.73 Å². The second kappa shape index (κ2) is 8.77. The second-order valence-electron chi connectivity index (χ2n) is 9.28. The Balaban J connectivity index is 1.27.